The van der Waals surface area contributed by atoms with Crippen molar-refractivity contribution in [1.29, 1.82) is 0 Å². The molecule has 1 saturated carbocycles. The zero-order chi connectivity index (χ0) is 15.9. The summed E-state index contributed by atoms with van der Waals surface area (Å²) in [4.78, 5) is 25.9. The summed E-state index contributed by atoms with van der Waals surface area (Å²) in [5, 5.41) is 9.91. The molecule has 1 heterocycles. The van der Waals surface area contributed by atoms with Gasteiger partial charge in [-0.3, -0.25) is 9.59 Å². The van der Waals surface area contributed by atoms with Crippen molar-refractivity contribution in [3.05, 3.63) is 34.9 Å². The van der Waals surface area contributed by atoms with Crippen LogP contribution >= 0.6 is 11.6 Å². The maximum atomic E-state index is 12.9. The lowest BCUT2D eigenvalue weighted by molar-refractivity contribution is -0.144. The number of carbonyl (C=O) groups is 2. The molecule has 2 fully saturated rings. The van der Waals surface area contributed by atoms with Gasteiger partial charge in [0.25, 0.3) is 0 Å². The molecule has 1 aromatic carbocycles. The predicted molar refractivity (Wildman–Crippen MR) is 83.7 cm³/mol. The van der Waals surface area contributed by atoms with Crippen molar-refractivity contribution < 1.29 is 14.7 Å². The van der Waals surface area contributed by atoms with E-state index in [0.29, 0.717) is 24.4 Å². The van der Waals surface area contributed by atoms with Crippen LogP contribution in [0.15, 0.2) is 24.3 Å². The summed E-state index contributed by atoms with van der Waals surface area (Å²) in [7, 11) is 0. The van der Waals surface area contributed by atoms with E-state index in [0.717, 1.165) is 18.4 Å². The van der Waals surface area contributed by atoms with Crippen molar-refractivity contribution in [3.8, 4) is 0 Å². The summed E-state index contributed by atoms with van der Waals surface area (Å²) in [6.07, 6.45) is 2.91. The van der Waals surface area contributed by atoms with Crippen LogP contribution in [-0.4, -0.2) is 34.5 Å². The van der Waals surface area contributed by atoms with Crippen LogP contribution in [0.1, 0.15) is 31.7 Å². The summed E-state index contributed by atoms with van der Waals surface area (Å²) in [6.45, 7) is 2.39. The molecular weight excluding hydrogens is 302 g/mol. The minimum absolute atomic E-state index is 0.101. The van der Waals surface area contributed by atoms with E-state index in [9.17, 15) is 14.7 Å². The minimum Gasteiger partial charge on any atom is -0.481 e. The van der Waals surface area contributed by atoms with Gasteiger partial charge >= 0.3 is 5.97 Å². The lowest BCUT2D eigenvalue weighted by Crippen LogP contribution is -2.42. The SMILES string of the molecule is CC1C(C(=O)O)CCN1C(=O)C1(Cc2ccccc2Cl)CC1. The van der Waals surface area contributed by atoms with Gasteiger partial charge in [-0.15, -0.1) is 0 Å². The van der Waals surface area contributed by atoms with Gasteiger partial charge in [-0.25, -0.2) is 0 Å². The van der Waals surface area contributed by atoms with Crippen molar-refractivity contribution in [2.24, 2.45) is 11.3 Å². The Hall–Kier alpha value is -1.55. The maximum Gasteiger partial charge on any atom is 0.308 e. The monoisotopic (exact) mass is 321 g/mol. The molecule has 1 aliphatic carbocycles. The fourth-order valence-corrected chi connectivity index (χ4v) is 3.69. The molecular formula is C17H20ClNO3. The quantitative estimate of drug-likeness (QED) is 0.927. The second-order valence-electron chi connectivity index (χ2n) is 6.52. The third-order valence-electron chi connectivity index (χ3n) is 5.13. The van der Waals surface area contributed by atoms with Gasteiger partial charge in [-0.05, 0) is 44.2 Å². The van der Waals surface area contributed by atoms with Crippen LogP contribution < -0.4 is 0 Å². The van der Waals surface area contributed by atoms with Gasteiger partial charge in [0.1, 0.15) is 0 Å². The Labute approximate surface area is 135 Å². The predicted octanol–water partition coefficient (Wildman–Crippen LogP) is 2.98. The molecule has 1 saturated heterocycles. The van der Waals surface area contributed by atoms with Crippen LogP contribution in [-0.2, 0) is 16.0 Å². The smallest absolute Gasteiger partial charge is 0.308 e. The van der Waals surface area contributed by atoms with Crippen LogP contribution in [0.3, 0.4) is 0 Å². The molecule has 0 radical (unpaired) electrons. The number of halogens is 1. The first-order valence-electron chi connectivity index (χ1n) is 7.72. The number of likely N-dealkylation sites (tertiary alicyclic amines) is 1. The molecule has 4 nitrogen and oxygen atoms in total. The summed E-state index contributed by atoms with van der Waals surface area (Å²) < 4.78 is 0. The third kappa shape index (κ3) is 2.60. The highest BCUT2D eigenvalue weighted by molar-refractivity contribution is 6.31. The van der Waals surface area contributed by atoms with Crippen LogP contribution in [0, 0.1) is 11.3 Å². The zero-order valence-corrected chi connectivity index (χ0v) is 13.3. The lowest BCUT2D eigenvalue weighted by atomic mass is 9.94. The number of aliphatic carboxylic acids is 1. The molecule has 0 spiro atoms. The zero-order valence-electron chi connectivity index (χ0n) is 12.6. The Morgan fingerprint density at radius 1 is 1.36 bits per heavy atom. The number of hydrogen-bond acceptors (Lipinski definition) is 2. The van der Waals surface area contributed by atoms with E-state index in [1.165, 1.54) is 0 Å². The standard InChI is InChI=1S/C17H20ClNO3/c1-11-13(15(20)21)6-9-19(11)16(22)17(7-8-17)10-12-4-2-3-5-14(12)18/h2-5,11,13H,6-10H2,1H3,(H,20,21). The molecule has 22 heavy (non-hydrogen) atoms. The van der Waals surface area contributed by atoms with Gasteiger partial charge in [0.05, 0.1) is 11.3 Å². The molecule has 1 aromatic rings. The molecule has 0 bridgehead atoms. The number of benzene rings is 1. The van der Waals surface area contributed by atoms with E-state index in [2.05, 4.69) is 0 Å². The Bertz CT molecular complexity index is 612. The van der Waals surface area contributed by atoms with Crippen molar-refractivity contribution in [2.45, 2.75) is 38.6 Å². The van der Waals surface area contributed by atoms with Gasteiger partial charge in [0.15, 0.2) is 0 Å². The largest absolute Gasteiger partial charge is 0.481 e. The number of carboxylic acids is 1. The molecule has 118 valence electrons. The normalized spacial score (nSPS) is 26.0. The third-order valence-corrected chi connectivity index (χ3v) is 5.50. The first-order chi connectivity index (χ1) is 10.4. The van der Waals surface area contributed by atoms with Crippen LogP contribution in [0.2, 0.25) is 5.02 Å². The first-order valence-corrected chi connectivity index (χ1v) is 8.10. The molecule has 2 unspecified atom stereocenters. The molecule has 1 amide bonds. The molecule has 3 rings (SSSR count). The minimum atomic E-state index is -0.807. The highest BCUT2D eigenvalue weighted by atomic mass is 35.5. The van der Waals surface area contributed by atoms with E-state index in [-0.39, 0.29) is 17.4 Å². The molecule has 1 N–H and O–H groups in total. The average Bonchev–Trinajstić information content (AvgIpc) is 3.16. The molecule has 0 aromatic heterocycles. The highest BCUT2D eigenvalue weighted by Crippen LogP contribution is 2.51. The van der Waals surface area contributed by atoms with Gasteiger partial charge in [-0.1, -0.05) is 29.8 Å². The summed E-state index contributed by atoms with van der Waals surface area (Å²) >= 11 is 6.21. The summed E-state index contributed by atoms with van der Waals surface area (Å²) in [6, 6.07) is 7.39. The van der Waals surface area contributed by atoms with E-state index in [1.807, 2.05) is 31.2 Å². The van der Waals surface area contributed by atoms with Crippen molar-refractivity contribution >= 4 is 23.5 Å². The topological polar surface area (TPSA) is 57.6 Å². The second-order valence-corrected chi connectivity index (χ2v) is 6.93. The average molecular weight is 322 g/mol. The maximum absolute atomic E-state index is 12.9. The van der Waals surface area contributed by atoms with Gasteiger partial charge in [0, 0.05) is 17.6 Å². The highest BCUT2D eigenvalue weighted by Gasteiger charge is 2.54. The number of carbonyl (C=O) groups excluding carboxylic acids is 1. The number of nitrogens with zero attached hydrogens (tertiary/aromatic N) is 1. The Morgan fingerprint density at radius 3 is 2.59 bits per heavy atom. The Morgan fingerprint density at radius 2 is 2.05 bits per heavy atom. The Kier molecular flexibility index (Phi) is 3.89. The van der Waals surface area contributed by atoms with Crippen LogP contribution in [0.5, 0.6) is 0 Å². The van der Waals surface area contributed by atoms with Crippen LogP contribution in [0.4, 0.5) is 0 Å². The number of rotatable bonds is 4. The van der Waals surface area contributed by atoms with Gasteiger partial charge in [0.2, 0.25) is 5.91 Å². The molecule has 2 aliphatic rings. The lowest BCUT2D eigenvalue weighted by Gasteiger charge is -2.28. The molecule has 2 atom stereocenters. The number of carboxylic acid groups (broad SMARTS) is 1. The summed E-state index contributed by atoms with van der Waals surface area (Å²) in [5.74, 6) is -1.15. The van der Waals surface area contributed by atoms with Crippen molar-refractivity contribution in [1.82, 2.24) is 4.90 Å². The van der Waals surface area contributed by atoms with E-state index in [4.69, 9.17) is 11.6 Å². The van der Waals surface area contributed by atoms with Gasteiger partial charge < -0.3 is 10.0 Å². The van der Waals surface area contributed by atoms with E-state index in [1.54, 1.807) is 4.90 Å². The molecule has 5 heteroatoms. The fourth-order valence-electron chi connectivity index (χ4n) is 3.48. The summed E-state index contributed by atoms with van der Waals surface area (Å²) in [5.41, 5.74) is 0.628. The van der Waals surface area contributed by atoms with Crippen molar-refractivity contribution in [3.63, 3.8) is 0 Å². The fraction of sp³-hybridized carbons (Fsp3) is 0.529. The molecule has 1 aliphatic heterocycles. The number of amides is 1. The van der Waals surface area contributed by atoms with Crippen molar-refractivity contribution in [2.75, 3.05) is 6.54 Å². The second kappa shape index (κ2) is 5.58. The van der Waals surface area contributed by atoms with Crippen LogP contribution in [0.25, 0.3) is 0 Å². The Balaban J connectivity index is 1.75. The van der Waals surface area contributed by atoms with Gasteiger partial charge in [-0.2, -0.15) is 0 Å². The first kappa shape index (κ1) is 15.3. The van der Waals surface area contributed by atoms with E-state index < -0.39 is 11.9 Å². The number of hydrogen-bond donors (Lipinski definition) is 1. The van der Waals surface area contributed by atoms with E-state index >= 15 is 0 Å².